The number of non-ortho nitro benzene ring substituents is 1. The van der Waals surface area contributed by atoms with Gasteiger partial charge in [-0.2, -0.15) is 5.10 Å². The lowest BCUT2D eigenvalue weighted by molar-refractivity contribution is -0.384. The van der Waals surface area contributed by atoms with Crippen molar-refractivity contribution in [1.29, 1.82) is 0 Å². The Labute approximate surface area is 155 Å². The van der Waals surface area contributed by atoms with Crippen molar-refractivity contribution in [2.75, 3.05) is 5.43 Å². The van der Waals surface area contributed by atoms with Gasteiger partial charge in [0.2, 0.25) is 5.13 Å². The topological polar surface area (TPSA) is 101 Å². The highest BCUT2D eigenvalue weighted by Gasteiger charge is 2.09. The third-order valence-electron chi connectivity index (χ3n) is 3.23. The fourth-order valence-electron chi connectivity index (χ4n) is 1.99. The van der Waals surface area contributed by atoms with Crippen molar-refractivity contribution in [3.05, 3.63) is 68.0 Å². The summed E-state index contributed by atoms with van der Waals surface area (Å²) in [6.07, 6.45) is 1.31. The average Bonchev–Trinajstić information content (AvgIpc) is 3.06. The average molecular weight is 419 g/mol. The summed E-state index contributed by atoms with van der Waals surface area (Å²) >= 11 is 4.77. The number of rotatable bonds is 5. The van der Waals surface area contributed by atoms with Crippen molar-refractivity contribution < 1.29 is 10.0 Å². The third kappa shape index (κ3) is 4.20. The van der Waals surface area contributed by atoms with Crippen molar-refractivity contribution in [2.45, 2.75) is 0 Å². The minimum atomic E-state index is -0.532. The Kier molecular flexibility index (Phi) is 5.05. The van der Waals surface area contributed by atoms with E-state index in [1.54, 1.807) is 0 Å². The lowest BCUT2D eigenvalue weighted by Crippen LogP contribution is -1.93. The van der Waals surface area contributed by atoms with E-state index in [4.69, 9.17) is 0 Å². The van der Waals surface area contributed by atoms with E-state index >= 15 is 0 Å². The summed E-state index contributed by atoms with van der Waals surface area (Å²) in [5.41, 5.74) is 4.67. The molecule has 7 nitrogen and oxygen atoms in total. The second-order valence-corrected chi connectivity index (χ2v) is 6.69. The number of aromatic nitrogens is 1. The van der Waals surface area contributed by atoms with Crippen LogP contribution >= 0.6 is 27.3 Å². The molecule has 126 valence electrons. The summed E-state index contributed by atoms with van der Waals surface area (Å²) in [6.45, 7) is 0. The van der Waals surface area contributed by atoms with Crippen LogP contribution in [-0.2, 0) is 0 Å². The van der Waals surface area contributed by atoms with Crippen LogP contribution in [0.15, 0.2) is 57.4 Å². The molecule has 0 aliphatic rings. The number of benzene rings is 2. The molecule has 3 aromatic rings. The molecule has 2 aromatic carbocycles. The van der Waals surface area contributed by atoms with Crippen molar-refractivity contribution >= 4 is 44.3 Å². The molecule has 1 heterocycles. The molecule has 0 amide bonds. The number of aromatic hydroxyl groups is 1. The predicted octanol–water partition coefficient (Wildman–Crippen LogP) is 4.63. The number of nitrogens with zero attached hydrogens (tertiary/aromatic N) is 3. The van der Waals surface area contributed by atoms with Gasteiger partial charge in [-0.1, -0.05) is 28.1 Å². The van der Waals surface area contributed by atoms with E-state index in [9.17, 15) is 15.2 Å². The van der Waals surface area contributed by atoms with Crippen LogP contribution in [-0.4, -0.2) is 21.2 Å². The van der Waals surface area contributed by atoms with E-state index in [1.807, 2.05) is 29.6 Å². The van der Waals surface area contributed by atoms with Gasteiger partial charge in [-0.25, -0.2) is 4.98 Å². The largest absolute Gasteiger partial charge is 0.507 e. The zero-order valence-electron chi connectivity index (χ0n) is 12.6. The third-order valence-corrected chi connectivity index (χ3v) is 4.51. The Morgan fingerprint density at radius 1 is 1.28 bits per heavy atom. The zero-order chi connectivity index (χ0) is 17.8. The molecule has 0 radical (unpaired) electrons. The second-order valence-electron chi connectivity index (χ2n) is 4.92. The van der Waals surface area contributed by atoms with Crippen LogP contribution in [0, 0.1) is 10.1 Å². The molecule has 0 unspecified atom stereocenters. The molecule has 9 heteroatoms. The summed E-state index contributed by atoms with van der Waals surface area (Å²) in [6, 6.07) is 11.5. The molecule has 0 spiro atoms. The van der Waals surface area contributed by atoms with Crippen molar-refractivity contribution in [1.82, 2.24) is 4.98 Å². The molecule has 0 aliphatic heterocycles. The quantitative estimate of drug-likeness (QED) is 0.357. The first kappa shape index (κ1) is 17.1. The Hall–Kier alpha value is -2.78. The highest BCUT2D eigenvalue weighted by molar-refractivity contribution is 9.10. The van der Waals surface area contributed by atoms with Gasteiger partial charge in [-0.15, -0.1) is 11.3 Å². The lowest BCUT2D eigenvalue weighted by atomic mass is 10.2. The molecule has 0 saturated carbocycles. The first-order valence-electron chi connectivity index (χ1n) is 7.01. The molecular formula is C16H11BrN4O3S. The number of phenols is 1. The second kappa shape index (κ2) is 7.41. The van der Waals surface area contributed by atoms with Crippen molar-refractivity contribution in [3.63, 3.8) is 0 Å². The van der Waals surface area contributed by atoms with Crippen LogP contribution in [0.2, 0.25) is 0 Å². The number of halogens is 1. The number of nitrogens with one attached hydrogen (secondary N) is 1. The molecule has 0 fully saturated rings. The van der Waals surface area contributed by atoms with Crippen molar-refractivity contribution in [2.24, 2.45) is 5.10 Å². The van der Waals surface area contributed by atoms with Crippen LogP contribution in [0.4, 0.5) is 10.8 Å². The van der Waals surface area contributed by atoms with E-state index < -0.39 is 4.92 Å². The maximum Gasteiger partial charge on any atom is 0.270 e. The zero-order valence-corrected chi connectivity index (χ0v) is 15.0. The predicted molar refractivity (Wildman–Crippen MR) is 101 cm³/mol. The number of hydrogen-bond acceptors (Lipinski definition) is 7. The van der Waals surface area contributed by atoms with Crippen LogP contribution in [0.1, 0.15) is 5.56 Å². The number of nitro groups is 1. The van der Waals surface area contributed by atoms with Crippen LogP contribution < -0.4 is 5.43 Å². The Morgan fingerprint density at radius 3 is 2.76 bits per heavy atom. The summed E-state index contributed by atoms with van der Waals surface area (Å²) in [5, 5.41) is 26.9. The highest BCUT2D eigenvalue weighted by Crippen LogP contribution is 2.26. The Morgan fingerprint density at radius 2 is 2.04 bits per heavy atom. The number of thiazole rings is 1. The fraction of sp³-hybridized carbons (Fsp3) is 0. The first-order chi connectivity index (χ1) is 12.0. The van der Waals surface area contributed by atoms with E-state index in [0.29, 0.717) is 5.13 Å². The minimum Gasteiger partial charge on any atom is -0.507 e. The normalized spacial score (nSPS) is 10.9. The van der Waals surface area contributed by atoms with Crippen LogP contribution in [0.5, 0.6) is 5.75 Å². The van der Waals surface area contributed by atoms with E-state index in [2.05, 4.69) is 31.4 Å². The number of hydrazone groups is 1. The summed E-state index contributed by atoms with van der Waals surface area (Å²) in [4.78, 5) is 14.7. The van der Waals surface area contributed by atoms with Gasteiger partial charge in [0.05, 0.1) is 16.8 Å². The standard InChI is InChI=1S/C16H11BrN4O3S/c17-12-3-1-10(2-4-12)14-9-25-16(19-14)20-18-8-11-7-13(21(23)24)5-6-15(11)22/h1-9,22H,(H,19,20)/b18-8+. The molecule has 25 heavy (non-hydrogen) atoms. The van der Waals surface area contributed by atoms with Gasteiger partial charge in [-0.05, 0) is 18.2 Å². The molecule has 1 aromatic heterocycles. The number of phenolic OH excluding ortho intramolecular Hbond substituents is 1. The van der Waals surface area contributed by atoms with Gasteiger partial charge >= 0.3 is 0 Å². The van der Waals surface area contributed by atoms with Crippen LogP contribution in [0.3, 0.4) is 0 Å². The molecule has 0 atom stereocenters. The van der Waals surface area contributed by atoms with Gasteiger partial charge in [0.1, 0.15) is 5.75 Å². The maximum atomic E-state index is 10.8. The molecule has 3 rings (SSSR count). The van der Waals surface area contributed by atoms with Gasteiger partial charge < -0.3 is 5.11 Å². The molecule has 0 aliphatic carbocycles. The van der Waals surface area contributed by atoms with E-state index in [-0.39, 0.29) is 17.0 Å². The van der Waals surface area contributed by atoms with Crippen molar-refractivity contribution in [3.8, 4) is 17.0 Å². The van der Waals surface area contributed by atoms with E-state index in [0.717, 1.165) is 15.7 Å². The van der Waals surface area contributed by atoms with Gasteiger partial charge in [-0.3, -0.25) is 15.5 Å². The summed E-state index contributed by atoms with van der Waals surface area (Å²) in [5.74, 6) is -0.0918. The smallest absolute Gasteiger partial charge is 0.270 e. The molecule has 2 N–H and O–H groups in total. The lowest BCUT2D eigenvalue weighted by Gasteiger charge is -1.99. The van der Waals surface area contributed by atoms with Gasteiger partial charge in [0.15, 0.2) is 0 Å². The number of hydrogen-bond donors (Lipinski definition) is 2. The van der Waals surface area contributed by atoms with Gasteiger partial charge in [0, 0.05) is 33.1 Å². The monoisotopic (exact) mass is 418 g/mol. The Balaban J connectivity index is 1.72. The SMILES string of the molecule is O=[N+]([O-])c1ccc(O)c(/C=N/Nc2nc(-c3ccc(Br)cc3)cs2)c1. The van der Waals surface area contributed by atoms with E-state index in [1.165, 1.54) is 35.8 Å². The summed E-state index contributed by atoms with van der Waals surface area (Å²) in [7, 11) is 0. The van der Waals surface area contributed by atoms with Gasteiger partial charge in [0.25, 0.3) is 5.69 Å². The molecule has 0 bridgehead atoms. The molecule has 0 saturated heterocycles. The fourth-order valence-corrected chi connectivity index (χ4v) is 2.93. The highest BCUT2D eigenvalue weighted by atomic mass is 79.9. The molecular weight excluding hydrogens is 408 g/mol. The van der Waals surface area contributed by atoms with Crippen LogP contribution in [0.25, 0.3) is 11.3 Å². The first-order valence-corrected chi connectivity index (χ1v) is 8.68. The maximum absolute atomic E-state index is 10.8. The Bertz CT molecular complexity index is 941. The number of anilines is 1. The minimum absolute atomic E-state index is 0.0918. The number of nitro benzene ring substituents is 1. The summed E-state index contributed by atoms with van der Waals surface area (Å²) < 4.78 is 0.992.